The van der Waals surface area contributed by atoms with Crippen molar-refractivity contribution in [1.82, 2.24) is 9.88 Å². The van der Waals surface area contributed by atoms with Gasteiger partial charge in [0, 0.05) is 23.0 Å². The van der Waals surface area contributed by atoms with Gasteiger partial charge in [-0.05, 0) is 87.5 Å². The molecule has 1 N–H and O–H groups in total. The van der Waals surface area contributed by atoms with Gasteiger partial charge in [-0.25, -0.2) is 9.18 Å². The lowest BCUT2D eigenvalue weighted by atomic mass is 9.84. The minimum Gasteiger partial charge on any atom is -0.461 e. The molecule has 5 heteroatoms. The Bertz CT molecular complexity index is 1040. The third kappa shape index (κ3) is 3.99. The summed E-state index contributed by atoms with van der Waals surface area (Å²) in [5.41, 5.74) is 6.25. The Kier molecular flexibility index (Phi) is 5.91. The number of rotatable bonds is 5. The topological polar surface area (TPSA) is 45.3 Å². The van der Waals surface area contributed by atoms with E-state index in [0.29, 0.717) is 24.8 Å². The minimum atomic E-state index is -0.380. The molecule has 0 bridgehead atoms. The van der Waals surface area contributed by atoms with Gasteiger partial charge in [0.15, 0.2) is 0 Å². The first-order valence-electron chi connectivity index (χ1n) is 10.7. The average molecular weight is 409 g/mol. The van der Waals surface area contributed by atoms with Crippen molar-refractivity contribution in [3.05, 3.63) is 70.2 Å². The maximum absolute atomic E-state index is 13.9. The third-order valence-corrected chi connectivity index (χ3v) is 6.27. The molecule has 1 aliphatic heterocycles. The van der Waals surface area contributed by atoms with E-state index in [9.17, 15) is 9.18 Å². The predicted octanol–water partition coefficient (Wildman–Crippen LogP) is 5.48. The van der Waals surface area contributed by atoms with Crippen LogP contribution in [0.3, 0.4) is 0 Å². The summed E-state index contributed by atoms with van der Waals surface area (Å²) in [6, 6.07) is 11.1. The highest BCUT2D eigenvalue weighted by Crippen LogP contribution is 2.34. The Morgan fingerprint density at radius 1 is 1.17 bits per heavy atom. The van der Waals surface area contributed by atoms with Crippen molar-refractivity contribution in [3.8, 4) is 0 Å². The van der Waals surface area contributed by atoms with Crippen molar-refractivity contribution in [2.45, 2.75) is 46.1 Å². The van der Waals surface area contributed by atoms with Crippen LogP contribution in [-0.4, -0.2) is 35.5 Å². The van der Waals surface area contributed by atoms with E-state index in [2.05, 4.69) is 41.9 Å². The van der Waals surface area contributed by atoms with Gasteiger partial charge in [-0.15, -0.1) is 0 Å². The standard InChI is InChI=1S/C25H29FN2O2/c1-4-30-25(29)24-21(20-14-19(26)8-9-22(20)27-24)15-28-12-10-18(11-13-28)23-16(2)6-5-7-17(23)3/h5-9,14,18,27H,4,10-13,15H2,1-3H3. The van der Waals surface area contributed by atoms with E-state index in [-0.39, 0.29) is 11.8 Å². The van der Waals surface area contributed by atoms with Crippen LogP contribution in [-0.2, 0) is 11.3 Å². The number of carbonyl (C=O) groups excluding carboxylic acids is 1. The number of likely N-dealkylation sites (tertiary alicyclic amines) is 1. The summed E-state index contributed by atoms with van der Waals surface area (Å²) in [5.74, 6) is -0.117. The number of aryl methyl sites for hydroxylation is 2. The number of fused-ring (bicyclic) bond motifs is 1. The number of H-pyrrole nitrogens is 1. The summed E-state index contributed by atoms with van der Waals surface area (Å²) in [4.78, 5) is 18.0. The molecule has 4 rings (SSSR count). The molecule has 0 aliphatic carbocycles. The second kappa shape index (κ2) is 8.60. The molecule has 4 nitrogen and oxygen atoms in total. The van der Waals surface area contributed by atoms with E-state index in [0.717, 1.165) is 42.4 Å². The SMILES string of the molecule is CCOC(=O)c1[nH]c2ccc(F)cc2c1CN1CCC(c2c(C)cccc2C)CC1. The summed E-state index contributed by atoms with van der Waals surface area (Å²) in [5, 5.41) is 0.759. The number of piperidine rings is 1. The fraction of sp³-hybridized carbons (Fsp3) is 0.400. The second-order valence-corrected chi connectivity index (χ2v) is 8.24. The summed E-state index contributed by atoms with van der Waals surface area (Å²) in [6.07, 6.45) is 2.16. The number of benzene rings is 2. The van der Waals surface area contributed by atoms with Crippen molar-refractivity contribution in [2.24, 2.45) is 0 Å². The Balaban J connectivity index is 1.56. The highest BCUT2D eigenvalue weighted by molar-refractivity contribution is 5.98. The van der Waals surface area contributed by atoms with Gasteiger partial charge < -0.3 is 9.72 Å². The first kappa shape index (κ1) is 20.6. The Morgan fingerprint density at radius 3 is 2.53 bits per heavy atom. The molecule has 0 atom stereocenters. The van der Waals surface area contributed by atoms with E-state index < -0.39 is 0 Å². The normalized spacial score (nSPS) is 15.6. The highest BCUT2D eigenvalue weighted by Gasteiger charge is 2.26. The smallest absolute Gasteiger partial charge is 0.355 e. The van der Waals surface area contributed by atoms with Gasteiger partial charge in [0.25, 0.3) is 0 Å². The molecular formula is C25H29FN2O2. The zero-order valence-corrected chi connectivity index (χ0v) is 17.9. The molecule has 3 aromatic rings. The predicted molar refractivity (Wildman–Crippen MR) is 117 cm³/mol. The molecule has 0 unspecified atom stereocenters. The highest BCUT2D eigenvalue weighted by atomic mass is 19.1. The fourth-order valence-electron chi connectivity index (χ4n) is 4.84. The Hall–Kier alpha value is -2.66. The fourth-order valence-corrected chi connectivity index (χ4v) is 4.84. The maximum Gasteiger partial charge on any atom is 0.355 e. The van der Waals surface area contributed by atoms with Crippen LogP contribution in [0.4, 0.5) is 4.39 Å². The lowest BCUT2D eigenvalue weighted by Crippen LogP contribution is -2.33. The Labute approximate surface area is 177 Å². The zero-order valence-electron chi connectivity index (χ0n) is 17.9. The first-order chi connectivity index (χ1) is 14.5. The number of esters is 1. The lowest BCUT2D eigenvalue weighted by molar-refractivity contribution is 0.0517. The van der Waals surface area contributed by atoms with Gasteiger partial charge in [0.05, 0.1) is 6.61 Å². The molecule has 2 heterocycles. The molecule has 0 amide bonds. The van der Waals surface area contributed by atoms with Crippen LogP contribution in [0.2, 0.25) is 0 Å². The van der Waals surface area contributed by atoms with E-state index >= 15 is 0 Å². The molecule has 0 radical (unpaired) electrons. The number of halogens is 1. The van der Waals surface area contributed by atoms with Crippen LogP contribution >= 0.6 is 0 Å². The van der Waals surface area contributed by atoms with Crippen LogP contribution < -0.4 is 0 Å². The number of carbonyl (C=O) groups is 1. The third-order valence-electron chi connectivity index (χ3n) is 6.27. The van der Waals surface area contributed by atoms with Crippen LogP contribution in [0.25, 0.3) is 10.9 Å². The second-order valence-electron chi connectivity index (χ2n) is 8.24. The molecule has 0 spiro atoms. The lowest BCUT2D eigenvalue weighted by Gasteiger charge is -2.33. The van der Waals surface area contributed by atoms with E-state index in [1.54, 1.807) is 13.0 Å². The van der Waals surface area contributed by atoms with E-state index in [4.69, 9.17) is 4.74 Å². The monoisotopic (exact) mass is 408 g/mol. The average Bonchev–Trinajstić information content (AvgIpc) is 3.07. The quantitative estimate of drug-likeness (QED) is 0.569. The summed E-state index contributed by atoms with van der Waals surface area (Å²) in [7, 11) is 0. The molecule has 1 aliphatic rings. The summed E-state index contributed by atoms with van der Waals surface area (Å²) < 4.78 is 19.2. The molecule has 1 aromatic heterocycles. The number of nitrogens with one attached hydrogen (secondary N) is 1. The number of hydrogen-bond acceptors (Lipinski definition) is 3. The van der Waals surface area contributed by atoms with Crippen molar-refractivity contribution in [2.75, 3.05) is 19.7 Å². The molecule has 0 saturated carbocycles. The minimum absolute atomic E-state index is 0.299. The van der Waals surface area contributed by atoms with E-state index in [1.165, 1.54) is 28.8 Å². The molecule has 1 saturated heterocycles. The zero-order chi connectivity index (χ0) is 21.3. The molecule has 1 fully saturated rings. The molecular weight excluding hydrogens is 379 g/mol. The van der Waals surface area contributed by atoms with Crippen molar-refractivity contribution >= 4 is 16.9 Å². The van der Waals surface area contributed by atoms with Crippen LogP contribution in [0, 0.1) is 19.7 Å². The number of hydrogen-bond donors (Lipinski definition) is 1. The summed E-state index contributed by atoms with van der Waals surface area (Å²) >= 11 is 0. The van der Waals surface area contributed by atoms with Crippen molar-refractivity contribution in [3.63, 3.8) is 0 Å². The van der Waals surface area contributed by atoms with Gasteiger partial charge in [-0.3, -0.25) is 4.90 Å². The number of ether oxygens (including phenoxy) is 1. The van der Waals surface area contributed by atoms with Gasteiger partial charge in [-0.1, -0.05) is 18.2 Å². The van der Waals surface area contributed by atoms with Gasteiger partial charge in [-0.2, -0.15) is 0 Å². The number of aromatic amines is 1. The van der Waals surface area contributed by atoms with Gasteiger partial charge >= 0.3 is 5.97 Å². The van der Waals surface area contributed by atoms with Crippen LogP contribution in [0.5, 0.6) is 0 Å². The maximum atomic E-state index is 13.9. The van der Waals surface area contributed by atoms with Crippen molar-refractivity contribution in [1.29, 1.82) is 0 Å². The van der Waals surface area contributed by atoms with E-state index in [1.807, 2.05) is 0 Å². The summed E-state index contributed by atoms with van der Waals surface area (Å²) in [6.45, 7) is 8.99. The number of nitrogens with zero attached hydrogens (tertiary/aromatic N) is 1. The first-order valence-corrected chi connectivity index (χ1v) is 10.7. The van der Waals surface area contributed by atoms with Gasteiger partial charge in [0.1, 0.15) is 11.5 Å². The Morgan fingerprint density at radius 2 is 1.87 bits per heavy atom. The van der Waals surface area contributed by atoms with Crippen molar-refractivity contribution < 1.29 is 13.9 Å². The molecule has 2 aromatic carbocycles. The van der Waals surface area contributed by atoms with Crippen LogP contribution in [0.15, 0.2) is 36.4 Å². The largest absolute Gasteiger partial charge is 0.461 e. The van der Waals surface area contributed by atoms with Gasteiger partial charge in [0.2, 0.25) is 0 Å². The van der Waals surface area contributed by atoms with Crippen LogP contribution in [0.1, 0.15) is 58.4 Å². The molecule has 30 heavy (non-hydrogen) atoms. The number of aromatic nitrogens is 1. The molecule has 158 valence electrons.